The van der Waals surface area contributed by atoms with E-state index in [0.717, 1.165) is 11.3 Å². The van der Waals surface area contributed by atoms with Crippen LogP contribution in [0.15, 0.2) is 36.5 Å². The fraction of sp³-hybridized carbons (Fsp3) is 0.286. The fourth-order valence-corrected chi connectivity index (χ4v) is 2.25. The van der Waals surface area contributed by atoms with Gasteiger partial charge in [0.05, 0.1) is 23.6 Å². The van der Waals surface area contributed by atoms with Gasteiger partial charge in [0.25, 0.3) is 5.91 Å². The van der Waals surface area contributed by atoms with Crippen molar-refractivity contribution in [3.05, 3.63) is 42.1 Å². The van der Waals surface area contributed by atoms with E-state index in [1.807, 2.05) is 30.3 Å². The Balaban J connectivity index is 1.78. The van der Waals surface area contributed by atoms with Crippen molar-refractivity contribution in [3.63, 3.8) is 0 Å². The zero-order valence-electron chi connectivity index (χ0n) is 10.3. The Morgan fingerprint density at radius 1 is 1.32 bits per heavy atom. The highest BCUT2D eigenvalue weighted by molar-refractivity contribution is 5.99. The van der Waals surface area contributed by atoms with E-state index >= 15 is 0 Å². The SMILES string of the molecule is O=C(NC1CC(O)C1)c1cn[nH]c1-c1ccccc1. The number of aliphatic hydroxyl groups excluding tert-OH is 1. The number of rotatable bonds is 3. The summed E-state index contributed by atoms with van der Waals surface area (Å²) < 4.78 is 0. The summed E-state index contributed by atoms with van der Waals surface area (Å²) >= 11 is 0. The average Bonchev–Trinajstić information content (AvgIpc) is 2.87. The van der Waals surface area contributed by atoms with Crippen molar-refractivity contribution < 1.29 is 9.90 Å². The molecule has 1 aromatic heterocycles. The van der Waals surface area contributed by atoms with Crippen LogP contribution in [0.5, 0.6) is 0 Å². The minimum absolute atomic E-state index is 0.0704. The van der Waals surface area contributed by atoms with Crippen LogP contribution in [0.1, 0.15) is 23.2 Å². The number of aromatic nitrogens is 2. The smallest absolute Gasteiger partial charge is 0.255 e. The molecule has 5 nitrogen and oxygen atoms in total. The lowest BCUT2D eigenvalue weighted by Gasteiger charge is -2.31. The highest BCUT2D eigenvalue weighted by atomic mass is 16.3. The van der Waals surface area contributed by atoms with Crippen molar-refractivity contribution in [1.82, 2.24) is 15.5 Å². The Labute approximate surface area is 110 Å². The number of nitrogens with one attached hydrogen (secondary N) is 2. The van der Waals surface area contributed by atoms with Crippen LogP contribution in [0, 0.1) is 0 Å². The maximum absolute atomic E-state index is 12.2. The Morgan fingerprint density at radius 3 is 2.74 bits per heavy atom. The van der Waals surface area contributed by atoms with Gasteiger partial charge >= 0.3 is 0 Å². The Kier molecular flexibility index (Phi) is 3.05. The molecule has 0 spiro atoms. The number of carbonyl (C=O) groups is 1. The molecule has 3 N–H and O–H groups in total. The predicted molar refractivity (Wildman–Crippen MR) is 70.5 cm³/mol. The lowest BCUT2D eigenvalue weighted by molar-refractivity contribution is 0.0563. The van der Waals surface area contributed by atoms with Gasteiger partial charge in [-0.2, -0.15) is 5.10 Å². The van der Waals surface area contributed by atoms with Crippen LogP contribution >= 0.6 is 0 Å². The largest absolute Gasteiger partial charge is 0.393 e. The van der Waals surface area contributed by atoms with Gasteiger partial charge in [0.15, 0.2) is 0 Å². The molecule has 5 heteroatoms. The second-order valence-electron chi connectivity index (χ2n) is 4.82. The molecule has 1 fully saturated rings. The van der Waals surface area contributed by atoms with Crippen molar-refractivity contribution in [2.24, 2.45) is 0 Å². The summed E-state index contributed by atoms with van der Waals surface area (Å²) in [5.41, 5.74) is 2.18. The summed E-state index contributed by atoms with van der Waals surface area (Å²) in [7, 11) is 0. The Hall–Kier alpha value is -2.14. The molecule has 0 bridgehead atoms. The molecule has 1 heterocycles. The van der Waals surface area contributed by atoms with Crippen molar-refractivity contribution in [2.75, 3.05) is 0 Å². The minimum atomic E-state index is -0.275. The van der Waals surface area contributed by atoms with E-state index in [1.54, 1.807) is 0 Å². The number of aliphatic hydroxyl groups is 1. The molecule has 0 radical (unpaired) electrons. The van der Waals surface area contributed by atoms with E-state index in [-0.39, 0.29) is 18.1 Å². The molecule has 1 saturated carbocycles. The van der Waals surface area contributed by atoms with Gasteiger partial charge < -0.3 is 10.4 Å². The molecule has 0 atom stereocenters. The quantitative estimate of drug-likeness (QED) is 0.776. The van der Waals surface area contributed by atoms with Crippen LogP contribution in [0.25, 0.3) is 11.3 Å². The second-order valence-corrected chi connectivity index (χ2v) is 4.82. The zero-order valence-corrected chi connectivity index (χ0v) is 10.3. The average molecular weight is 257 g/mol. The standard InChI is InChI=1S/C14H15N3O2/c18-11-6-10(7-11)16-14(19)12-8-15-17-13(12)9-4-2-1-3-5-9/h1-5,8,10-11,18H,6-7H2,(H,15,17)(H,16,19). The summed E-state index contributed by atoms with van der Waals surface area (Å²) in [5.74, 6) is -0.149. The van der Waals surface area contributed by atoms with E-state index in [9.17, 15) is 9.90 Å². The van der Waals surface area contributed by atoms with Gasteiger partial charge in [0, 0.05) is 11.6 Å². The number of amides is 1. The van der Waals surface area contributed by atoms with Gasteiger partial charge in [-0.15, -0.1) is 0 Å². The molecule has 2 aromatic rings. The molecule has 1 aromatic carbocycles. The highest BCUT2D eigenvalue weighted by Crippen LogP contribution is 2.23. The van der Waals surface area contributed by atoms with Gasteiger partial charge in [0.2, 0.25) is 0 Å². The van der Waals surface area contributed by atoms with Crippen LogP contribution in [0.3, 0.4) is 0 Å². The summed E-state index contributed by atoms with van der Waals surface area (Å²) in [4.78, 5) is 12.2. The summed E-state index contributed by atoms with van der Waals surface area (Å²) in [6.45, 7) is 0. The zero-order chi connectivity index (χ0) is 13.2. The minimum Gasteiger partial charge on any atom is -0.393 e. The van der Waals surface area contributed by atoms with E-state index in [0.29, 0.717) is 18.4 Å². The van der Waals surface area contributed by atoms with Crippen LogP contribution < -0.4 is 5.32 Å². The monoisotopic (exact) mass is 257 g/mol. The van der Waals surface area contributed by atoms with Gasteiger partial charge in [-0.25, -0.2) is 0 Å². The van der Waals surface area contributed by atoms with Crippen molar-refractivity contribution in [3.8, 4) is 11.3 Å². The number of hydrogen-bond acceptors (Lipinski definition) is 3. The van der Waals surface area contributed by atoms with E-state index in [2.05, 4.69) is 15.5 Å². The summed E-state index contributed by atoms with van der Waals surface area (Å²) in [6.07, 6.45) is 2.52. The third-order valence-corrected chi connectivity index (χ3v) is 3.39. The van der Waals surface area contributed by atoms with Crippen LogP contribution in [0.4, 0.5) is 0 Å². The van der Waals surface area contributed by atoms with Crippen molar-refractivity contribution >= 4 is 5.91 Å². The molecular formula is C14H15N3O2. The number of H-pyrrole nitrogens is 1. The van der Waals surface area contributed by atoms with E-state index < -0.39 is 0 Å². The first-order chi connectivity index (χ1) is 9.24. The number of hydrogen-bond donors (Lipinski definition) is 3. The van der Waals surface area contributed by atoms with Gasteiger partial charge in [-0.3, -0.25) is 9.89 Å². The molecule has 3 rings (SSSR count). The lowest BCUT2D eigenvalue weighted by atomic mass is 9.89. The first kappa shape index (κ1) is 11.9. The molecule has 19 heavy (non-hydrogen) atoms. The van der Waals surface area contributed by atoms with Gasteiger partial charge in [-0.05, 0) is 12.8 Å². The van der Waals surface area contributed by atoms with E-state index in [4.69, 9.17) is 0 Å². The maximum Gasteiger partial charge on any atom is 0.255 e. The van der Waals surface area contributed by atoms with Crippen LogP contribution in [-0.4, -0.2) is 33.4 Å². The second kappa shape index (κ2) is 4.85. The maximum atomic E-state index is 12.2. The first-order valence-corrected chi connectivity index (χ1v) is 6.32. The first-order valence-electron chi connectivity index (χ1n) is 6.32. The molecule has 0 aliphatic heterocycles. The van der Waals surface area contributed by atoms with Gasteiger partial charge in [-0.1, -0.05) is 30.3 Å². The number of nitrogens with zero attached hydrogens (tertiary/aromatic N) is 1. The molecule has 0 saturated heterocycles. The van der Waals surface area contributed by atoms with Crippen molar-refractivity contribution in [1.29, 1.82) is 0 Å². The van der Waals surface area contributed by atoms with Crippen molar-refractivity contribution in [2.45, 2.75) is 25.0 Å². The number of aromatic amines is 1. The topological polar surface area (TPSA) is 78.0 Å². The van der Waals surface area contributed by atoms with Crippen LogP contribution in [0.2, 0.25) is 0 Å². The highest BCUT2D eigenvalue weighted by Gasteiger charge is 2.29. The Morgan fingerprint density at radius 2 is 2.05 bits per heavy atom. The third kappa shape index (κ3) is 2.37. The predicted octanol–water partition coefficient (Wildman–Crippen LogP) is 1.33. The number of benzene rings is 1. The van der Waals surface area contributed by atoms with Gasteiger partial charge in [0.1, 0.15) is 0 Å². The lowest BCUT2D eigenvalue weighted by Crippen LogP contribution is -2.46. The number of carbonyl (C=O) groups excluding carboxylic acids is 1. The molecule has 1 aliphatic carbocycles. The molecule has 98 valence electrons. The molecule has 1 aliphatic rings. The fourth-order valence-electron chi connectivity index (χ4n) is 2.25. The molecule has 0 unspecified atom stereocenters. The summed E-state index contributed by atoms with van der Waals surface area (Å²) in [6, 6.07) is 9.69. The Bertz CT molecular complexity index is 573. The normalized spacial score (nSPS) is 21.7. The molecular weight excluding hydrogens is 242 g/mol. The third-order valence-electron chi connectivity index (χ3n) is 3.39. The van der Waals surface area contributed by atoms with Crippen LogP contribution in [-0.2, 0) is 0 Å². The molecule has 1 amide bonds. The summed E-state index contributed by atoms with van der Waals surface area (Å²) in [5, 5.41) is 18.9. The van der Waals surface area contributed by atoms with E-state index in [1.165, 1.54) is 6.20 Å².